The molecule has 0 bridgehead atoms. The summed E-state index contributed by atoms with van der Waals surface area (Å²) in [5, 5.41) is 20.7. The second-order valence-corrected chi connectivity index (χ2v) is 15.6. The van der Waals surface area contributed by atoms with E-state index in [0.717, 1.165) is 11.9 Å². The Morgan fingerprint density at radius 3 is 2.30 bits per heavy atom. The highest BCUT2D eigenvalue weighted by Crippen LogP contribution is 2.37. The molecule has 13 nitrogen and oxygen atoms in total. The van der Waals surface area contributed by atoms with Crippen molar-refractivity contribution < 1.29 is 27.5 Å². The Morgan fingerprint density at radius 2 is 1.70 bits per heavy atom. The van der Waals surface area contributed by atoms with Gasteiger partial charge in [0.25, 0.3) is 5.91 Å². The van der Waals surface area contributed by atoms with Gasteiger partial charge in [-0.25, -0.2) is 12.9 Å². The Kier molecular flexibility index (Phi) is 10.1. The van der Waals surface area contributed by atoms with Crippen molar-refractivity contribution in [2.75, 3.05) is 23.9 Å². The van der Waals surface area contributed by atoms with E-state index in [1.165, 1.54) is 6.92 Å². The molecule has 0 saturated heterocycles. The number of aromatic amines is 1. The Morgan fingerprint density at radius 1 is 1.07 bits per heavy atom. The molecule has 0 aliphatic carbocycles. The SMILES string of the molecule is CC(=O)NC(CCS(C)(=O)=O)C(=O)Nc1ccccc1OCC(=O)NC(C)(C)C(C)(C)c1nnc2c(Cl)c(C(C)(C)C)[nH]n12. The van der Waals surface area contributed by atoms with Crippen molar-refractivity contribution in [3.05, 3.63) is 40.8 Å². The van der Waals surface area contributed by atoms with E-state index < -0.39 is 44.6 Å². The molecule has 1 atom stereocenters. The number of hydrogen-bond acceptors (Lipinski definition) is 8. The predicted molar refractivity (Wildman–Crippen MR) is 169 cm³/mol. The van der Waals surface area contributed by atoms with E-state index in [4.69, 9.17) is 16.3 Å². The van der Waals surface area contributed by atoms with Gasteiger partial charge in [0, 0.05) is 29.5 Å². The van der Waals surface area contributed by atoms with Crippen LogP contribution in [0.2, 0.25) is 5.02 Å². The molecule has 0 spiro atoms. The van der Waals surface area contributed by atoms with Gasteiger partial charge in [-0.15, -0.1) is 10.2 Å². The van der Waals surface area contributed by atoms with Crippen LogP contribution in [0.1, 0.15) is 73.3 Å². The van der Waals surface area contributed by atoms with Crippen LogP contribution in [-0.2, 0) is 35.1 Å². The van der Waals surface area contributed by atoms with Crippen molar-refractivity contribution in [2.45, 2.75) is 84.2 Å². The second-order valence-electron chi connectivity index (χ2n) is 13.0. The number of amides is 3. The summed E-state index contributed by atoms with van der Waals surface area (Å²) in [7, 11) is -3.36. The molecule has 1 unspecified atom stereocenters. The van der Waals surface area contributed by atoms with Gasteiger partial charge in [-0.1, -0.05) is 58.4 Å². The smallest absolute Gasteiger partial charge is 0.258 e. The average molecular weight is 652 g/mol. The minimum absolute atomic E-state index is 0.106. The van der Waals surface area contributed by atoms with Gasteiger partial charge in [-0.05, 0) is 32.4 Å². The van der Waals surface area contributed by atoms with E-state index >= 15 is 0 Å². The number of carbonyl (C=O) groups excluding carboxylic acids is 3. The summed E-state index contributed by atoms with van der Waals surface area (Å²) in [6.45, 7) is 14.6. The van der Waals surface area contributed by atoms with Gasteiger partial charge in [-0.2, -0.15) is 0 Å². The van der Waals surface area contributed by atoms with Gasteiger partial charge < -0.3 is 20.7 Å². The van der Waals surface area contributed by atoms with E-state index in [1.807, 2.05) is 48.5 Å². The van der Waals surface area contributed by atoms with Crippen molar-refractivity contribution in [2.24, 2.45) is 0 Å². The molecule has 1 aromatic carbocycles. The van der Waals surface area contributed by atoms with Crippen molar-refractivity contribution in [3.63, 3.8) is 0 Å². The van der Waals surface area contributed by atoms with Crippen molar-refractivity contribution in [1.29, 1.82) is 0 Å². The van der Waals surface area contributed by atoms with E-state index in [0.29, 0.717) is 16.5 Å². The minimum atomic E-state index is -3.36. The molecule has 15 heteroatoms. The highest BCUT2D eigenvalue weighted by atomic mass is 35.5. The molecule has 4 N–H and O–H groups in total. The third-order valence-corrected chi connectivity index (χ3v) is 8.94. The number of ether oxygens (including phenoxy) is 1. The monoisotopic (exact) mass is 651 g/mol. The largest absolute Gasteiger partial charge is 0.482 e. The summed E-state index contributed by atoms with van der Waals surface area (Å²) >= 11 is 6.61. The normalized spacial score (nSPS) is 13.4. The molecule has 0 fully saturated rings. The fraction of sp³-hybridized carbons (Fsp3) is 0.552. The summed E-state index contributed by atoms with van der Waals surface area (Å²) < 4.78 is 30.8. The number of H-pyrrole nitrogens is 1. The number of fused-ring (bicyclic) bond motifs is 1. The first-order valence-corrected chi connectivity index (χ1v) is 16.5. The topological polar surface area (TPSA) is 177 Å². The maximum absolute atomic E-state index is 13.1. The summed E-state index contributed by atoms with van der Waals surface area (Å²) in [6.07, 6.45) is 0.947. The van der Waals surface area contributed by atoms with E-state index in [-0.39, 0.29) is 35.6 Å². The molecule has 3 rings (SSSR count). The van der Waals surface area contributed by atoms with Crippen LogP contribution in [-0.4, -0.2) is 76.1 Å². The number of anilines is 1. The fourth-order valence-corrected chi connectivity index (χ4v) is 5.54. The number of aromatic nitrogens is 4. The number of benzene rings is 1. The first kappa shape index (κ1) is 34.8. The van der Waals surface area contributed by atoms with Gasteiger partial charge >= 0.3 is 0 Å². The standard InChI is InChI=1S/C29H42ClN7O6S/c1-17(38)31-19(14-15-44(9,41)42)25(40)32-18-12-10-11-13-20(18)43-16-21(39)33-29(7,8)28(5,6)26-35-34-24-22(30)23(27(2,3)4)36-37(24)26/h10-13,19,36H,14-16H2,1-9H3,(H,31,38)(H,32,40)(H,33,39). The molecule has 3 amide bonds. The lowest BCUT2D eigenvalue weighted by Crippen LogP contribution is -2.57. The van der Waals surface area contributed by atoms with Gasteiger partial charge in [0.2, 0.25) is 11.8 Å². The molecule has 0 aliphatic rings. The molecular weight excluding hydrogens is 610 g/mol. The number of carbonyl (C=O) groups is 3. The van der Waals surface area contributed by atoms with Crippen LogP contribution in [0.3, 0.4) is 0 Å². The summed E-state index contributed by atoms with van der Waals surface area (Å²) in [5.74, 6) is -1.02. The Labute approximate surface area is 262 Å². The summed E-state index contributed by atoms with van der Waals surface area (Å²) in [6, 6.07) is 5.41. The molecule has 0 aliphatic heterocycles. The number of rotatable bonds is 12. The number of halogens is 1. The number of hydrogen-bond donors (Lipinski definition) is 4. The highest BCUT2D eigenvalue weighted by Gasteiger charge is 2.44. The summed E-state index contributed by atoms with van der Waals surface area (Å²) in [4.78, 5) is 37.7. The lowest BCUT2D eigenvalue weighted by molar-refractivity contribution is -0.125. The first-order chi connectivity index (χ1) is 20.1. The van der Waals surface area contributed by atoms with Crippen molar-refractivity contribution >= 4 is 50.5 Å². The summed E-state index contributed by atoms with van der Waals surface area (Å²) in [5.41, 5.74) is -0.251. The van der Waals surface area contributed by atoms with Crippen LogP contribution in [0, 0.1) is 0 Å². The molecular formula is C29H42ClN7O6S. The number of sulfone groups is 1. The fourth-order valence-electron chi connectivity index (χ4n) is 4.43. The highest BCUT2D eigenvalue weighted by molar-refractivity contribution is 7.90. The van der Waals surface area contributed by atoms with Crippen LogP contribution in [0.5, 0.6) is 5.75 Å². The van der Waals surface area contributed by atoms with E-state index in [9.17, 15) is 22.8 Å². The van der Waals surface area contributed by atoms with Gasteiger partial charge in [-0.3, -0.25) is 19.5 Å². The number of nitrogens with zero attached hydrogens (tertiary/aromatic N) is 3. The molecule has 2 aromatic heterocycles. The van der Waals surface area contributed by atoms with Gasteiger partial charge in [0.05, 0.1) is 17.1 Å². The number of para-hydroxylation sites is 2. The van der Waals surface area contributed by atoms with Crippen LogP contribution >= 0.6 is 11.6 Å². The zero-order valence-electron chi connectivity index (χ0n) is 26.6. The van der Waals surface area contributed by atoms with Crippen LogP contribution in [0.4, 0.5) is 5.69 Å². The zero-order chi connectivity index (χ0) is 33.3. The van der Waals surface area contributed by atoms with Gasteiger partial charge in [0.15, 0.2) is 18.1 Å². The Hall–Kier alpha value is -3.65. The molecule has 0 radical (unpaired) electrons. The lowest BCUT2D eigenvalue weighted by atomic mass is 9.73. The Balaban J connectivity index is 1.73. The van der Waals surface area contributed by atoms with Crippen LogP contribution in [0.15, 0.2) is 24.3 Å². The van der Waals surface area contributed by atoms with E-state index in [1.54, 1.807) is 28.8 Å². The average Bonchev–Trinajstić information content (AvgIpc) is 3.45. The third-order valence-electron chi connectivity index (χ3n) is 7.60. The van der Waals surface area contributed by atoms with Crippen molar-refractivity contribution in [3.8, 4) is 5.75 Å². The molecule has 2 heterocycles. The maximum atomic E-state index is 13.1. The maximum Gasteiger partial charge on any atom is 0.258 e. The number of nitrogens with one attached hydrogen (secondary N) is 4. The van der Waals surface area contributed by atoms with Gasteiger partial charge in [0.1, 0.15) is 26.7 Å². The molecule has 0 saturated carbocycles. The second kappa shape index (κ2) is 12.8. The predicted octanol–water partition coefficient (Wildman–Crippen LogP) is 3.14. The molecule has 44 heavy (non-hydrogen) atoms. The zero-order valence-corrected chi connectivity index (χ0v) is 28.2. The first-order valence-electron chi connectivity index (χ1n) is 14.1. The quantitative estimate of drug-likeness (QED) is 0.231. The minimum Gasteiger partial charge on any atom is -0.482 e. The van der Waals surface area contributed by atoms with E-state index in [2.05, 4.69) is 31.2 Å². The third kappa shape index (κ3) is 8.08. The lowest BCUT2D eigenvalue weighted by Gasteiger charge is -2.40. The Bertz CT molecular complexity index is 1650. The van der Waals surface area contributed by atoms with Crippen molar-refractivity contribution in [1.82, 2.24) is 30.4 Å². The van der Waals surface area contributed by atoms with Crippen LogP contribution in [0.25, 0.3) is 5.65 Å². The van der Waals surface area contributed by atoms with Crippen LogP contribution < -0.4 is 20.7 Å². The molecule has 3 aromatic rings. The molecule has 242 valence electrons.